The molecule has 0 aliphatic carbocycles. The van der Waals surface area contributed by atoms with Crippen LogP contribution in [0.15, 0.2) is 28.1 Å². The molecule has 0 aliphatic rings. The van der Waals surface area contributed by atoms with Crippen molar-refractivity contribution >= 4 is 23.5 Å². The molecule has 0 N–H and O–H groups in total. The number of alkyl halides is 3. The number of hydrogen-bond acceptors (Lipinski definition) is 3. The van der Waals surface area contributed by atoms with Crippen LogP contribution in [0.5, 0.6) is 0 Å². The molecule has 0 saturated carbocycles. The number of nitrogens with zero attached hydrogens (tertiary/aromatic N) is 1. The van der Waals surface area contributed by atoms with Crippen molar-refractivity contribution in [3.8, 4) is 0 Å². The van der Waals surface area contributed by atoms with Gasteiger partial charge in [0.05, 0.1) is 0 Å². The Morgan fingerprint density at radius 1 is 1.31 bits per heavy atom. The Hall–Kier alpha value is -1.56. The summed E-state index contributed by atoms with van der Waals surface area (Å²) in [5, 5.41) is 5.18. The smallest absolute Gasteiger partial charge is 0.351 e. The molecule has 0 spiro atoms. The Labute approximate surface area is 93.0 Å². The molecular weight excluding hydrogens is 239 g/mol. The highest BCUT2D eigenvalue weighted by Gasteiger charge is 2.35. The first kappa shape index (κ1) is 10.9. The van der Waals surface area contributed by atoms with E-state index in [1.807, 2.05) is 17.5 Å². The lowest BCUT2D eigenvalue weighted by atomic mass is 10.3. The molecule has 2 rings (SSSR count). The summed E-state index contributed by atoms with van der Waals surface area (Å²) < 4.78 is 40.7. The summed E-state index contributed by atoms with van der Waals surface area (Å²) in [4.78, 5) is 0.941. The highest BCUT2D eigenvalue weighted by Crippen LogP contribution is 2.29. The third-order valence-electron chi connectivity index (χ3n) is 1.77. The lowest BCUT2D eigenvalue weighted by Gasteiger charge is -1.97. The molecular formula is C10H6F3NOS. The second kappa shape index (κ2) is 4.13. The van der Waals surface area contributed by atoms with Crippen molar-refractivity contribution in [3.05, 3.63) is 39.9 Å². The summed E-state index contributed by atoms with van der Waals surface area (Å²) in [7, 11) is 0. The van der Waals surface area contributed by atoms with E-state index in [0.717, 1.165) is 10.9 Å². The molecule has 84 valence electrons. The Bertz CT molecular complexity index is 484. The molecule has 0 saturated heterocycles. The quantitative estimate of drug-likeness (QED) is 0.801. The zero-order chi connectivity index (χ0) is 11.6. The first-order valence-corrected chi connectivity index (χ1v) is 5.19. The fraction of sp³-hybridized carbons (Fsp3) is 0.100. The van der Waals surface area contributed by atoms with Crippen LogP contribution in [0, 0.1) is 0 Å². The number of hydrogen-bond donors (Lipinski definition) is 0. The molecule has 0 amide bonds. The zero-order valence-electron chi connectivity index (χ0n) is 7.86. The summed E-state index contributed by atoms with van der Waals surface area (Å²) >= 11 is 1.49. The molecule has 2 nitrogen and oxygen atoms in total. The van der Waals surface area contributed by atoms with Gasteiger partial charge in [0.1, 0.15) is 5.69 Å². The van der Waals surface area contributed by atoms with Gasteiger partial charge in [0.25, 0.3) is 0 Å². The first-order chi connectivity index (χ1) is 7.55. The topological polar surface area (TPSA) is 26.0 Å². The highest BCUT2D eigenvalue weighted by molar-refractivity contribution is 7.10. The first-order valence-electron chi connectivity index (χ1n) is 4.31. The van der Waals surface area contributed by atoms with Crippen molar-refractivity contribution in [2.45, 2.75) is 6.18 Å². The van der Waals surface area contributed by atoms with E-state index in [9.17, 15) is 13.2 Å². The second-order valence-electron chi connectivity index (χ2n) is 2.96. The summed E-state index contributed by atoms with van der Waals surface area (Å²) in [6.45, 7) is 0. The predicted molar refractivity (Wildman–Crippen MR) is 54.8 cm³/mol. The van der Waals surface area contributed by atoms with Gasteiger partial charge in [-0.05, 0) is 23.6 Å². The Morgan fingerprint density at radius 2 is 2.12 bits per heavy atom. The van der Waals surface area contributed by atoms with Crippen molar-refractivity contribution in [2.75, 3.05) is 0 Å². The van der Waals surface area contributed by atoms with Crippen molar-refractivity contribution in [2.24, 2.45) is 0 Å². The van der Waals surface area contributed by atoms with Crippen LogP contribution in [0.1, 0.15) is 16.3 Å². The van der Waals surface area contributed by atoms with E-state index in [-0.39, 0.29) is 5.69 Å². The standard InChI is InChI=1S/C10H6F3NOS/c11-10(12,13)9-6-7(14-15-9)3-4-8-2-1-5-16-8/h1-6H/b4-3+. The minimum Gasteiger partial charge on any atom is -0.351 e. The maximum atomic E-state index is 12.2. The molecule has 0 bridgehead atoms. The molecule has 0 radical (unpaired) electrons. The summed E-state index contributed by atoms with van der Waals surface area (Å²) in [6.07, 6.45) is -1.32. The van der Waals surface area contributed by atoms with E-state index in [4.69, 9.17) is 0 Å². The van der Waals surface area contributed by atoms with Crippen molar-refractivity contribution in [1.82, 2.24) is 5.16 Å². The molecule has 2 aromatic rings. The van der Waals surface area contributed by atoms with Gasteiger partial charge in [-0.25, -0.2) is 0 Å². The lowest BCUT2D eigenvalue weighted by molar-refractivity contribution is -0.155. The van der Waals surface area contributed by atoms with E-state index in [1.54, 1.807) is 6.08 Å². The summed E-state index contributed by atoms with van der Waals surface area (Å²) in [6, 6.07) is 4.57. The van der Waals surface area contributed by atoms with Crippen LogP contribution in [0.4, 0.5) is 13.2 Å². The maximum Gasteiger partial charge on any atom is 0.452 e. The SMILES string of the molecule is FC(F)(F)c1cc(/C=C/c2cccs2)no1. The van der Waals surface area contributed by atoms with Crippen LogP contribution in [0.25, 0.3) is 12.2 Å². The van der Waals surface area contributed by atoms with E-state index in [1.165, 1.54) is 17.4 Å². The van der Waals surface area contributed by atoms with Crippen LogP contribution < -0.4 is 0 Å². The normalized spacial score (nSPS) is 12.4. The monoisotopic (exact) mass is 245 g/mol. The molecule has 0 fully saturated rings. The summed E-state index contributed by atoms with van der Waals surface area (Å²) in [5.41, 5.74) is 0.153. The third-order valence-corrected chi connectivity index (χ3v) is 2.61. The largest absolute Gasteiger partial charge is 0.452 e. The summed E-state index contributed by atoms with van der Waals surface area (Å²) in [5.74, 6) is -1.08. The average Bonchev–Trinajstić information content (AvgIpc) is 2.85. The van der Waals surface area contributed by atoms with Crippen molar-refractivity contribution in [1.29, 1.82) is 0 Å². The predicted octanol–water partition coefficient (Wildman–Crippen LogP) is 3.93. The van der Waals surface area contributed by atoms with Crippen LogP contribution in [0.3, 0.4) is 0 Å². The number of rotatable bonds is 2. The minimum atomic E-state index is -4.48. The van der Waals surface area contributed by atoms with Gasteiger partial charge in [-0.3, -0.25) is 0 Å². The molecule has 2 aromatic heterocycles. The zero-order valence-corrected chi connectivity index (χ0v) is 8.68. The van der Waals surface area contributed by atoms with E-state index in [2.05, 4.69) is 9.68 Å². The van der Waals surface area contributed by atoms with E-state index >= 15 is 0 Å². The van der Waals surface area contributed by atoms with Crippen LogP contribution >= 0.6 is 11.3 Å². The maximum absolute atomic E-state index is 12.2. The molecule has 0 atom stereocenters. The molecule has 0 unspecified atom stereocenters. The van der Waals surface area contributed by atoms with Gasteiger partial charge in [0, 0.05) is 10.9 Å². The van der Waals surface area contributed by atoms with E-state index < -0.39 is 11.9 Å². The Balaban J connectivity index is 2.15. The fourth-order valence-corrected chi connectivity index (χ4v) is 1.67. The molecule has 0 aliphatic heterocycles. The van der Waals surface area contributed by atoms with Gasteiger partial charge in [-0.1, -0.05) is 11.2 Å². The second-order valence-corrected chi connectivity index (χ2v) is 3.94. The van der Waals surface area contributed by atoms with Crippen LogP contribution in [-0.4, -0.2) is 5.16 Å². The van der Waals surface area contributed by atoms with Crippen molar-refractivity contribution in [3.63, 3.8) is 0 Å². The number of halogens is 3. The minimum absolute atomic E-state index is 0.153. The Kier molecular flexibility index (Phi) is 2.82. The van der Waals surface area contributed by atoms with Gasteiger partial charge in [-0.2, -0.15) is 13.2 Å². The van der Waals surface area contributed by atoms with Gasteiger partial charge in [-0.15, -0.1) is 11.3 Å². The van der Waals surface area contributed by atoms with Gasteiger partial charge in [0.2, 0.25) is 5.76 Å². The highest BCUT2D eigenvalue weighted by atomic mass is 32.1. The van der Waals surface area contributed by atoms with Crippen molar-refractivity contribution < 1.29 is 17.7 Å². The third kappa shape index (κ3) is 2.52. The van der Waals surface area contributed by atoms with Gasteiger partial charge < -0.3 is 4.52 Å². The molecule has 0 aromatic carbocycles. The molecule has 6 heteroatoms. The molecule has 16 heavy (non-hydrogen) atoms. The Morgan fingerprint density at radius 3 is 2.69 bits per heavy atom. The number of aromatic nitrogens is 1. The van der Waals surface area contributed by atoms with E-state index in [0.29, 0.717) is 0 Å². The molecule has 2 heterocycles. The van der Waals surface area contributed by atoms with Gasteiger partial charge >= 0.3 is 6.18 Å². The van der Waals surface area contributed by atoms with Crippen LogP contribution in [-0.2, 0) is 6.18 Å². The number of thiophene rings is 1. The average molecular weight is 245 g/mol. The van der Waals surface area contributed by atoms with Gasteiger partial charge in [0.15, 0.2) is 0 Å². The fourth-order valence-electron chi connectivity index (χ4n) is 1.05. The van der Waals surface area contributed by atoms with Crippen LogP contribution in [0.2, 0.25) is 0 Å². The lowest BCUT2D eigenvalue weighted by Crippen LogP contribution is -2.02.